The minimum Gasteiger partial charge on any atom is -0.398 e. The number of aromatic nitrogens is 1. The van der Waals surface area contributed by atoms with Gasteiger partial charge in [0.1, 0.15) is 5.82 Å². The Morgan fingerprint density at radius 1 is 1.05 bits per heavy atom. The maximum Gasteiger partial charge on any atom is 0.160 e. The maximum absolute atomic E-state index is 13.3. The van der Waals surface area contributed by atoms with Crippen molar-refractivity contribution in [1.82, 2.24) is 4.98 Å². The van der Waals surface area contributed by atoms with Crippen molar-refractivity contribution in [2.75, 3.05) is 11.1 Å². The summed E-state index contributed by atoms with van der Waals surface area (Å²) in [6.07, 6.45) is 1.62. The van der Waals surface area contributed by atoms with E-state index in [-0.39, 0.29) is 0 Å². The third-order valence-electron chi connectivity index (χ3n) is 3.09. The first-order chi connectivity index (χ1) is 10.1. The predicted octanol–water partition coefficient (Wildman–Crippen LogP) is 4.60. The molecule has 0 saturated carbocycles. The van der Waals surface area contributed by atoms with Gasteiger partial charge in [-0.05, 0) is 30.3 Å². The molecular formula is C15H10BrF2N3. The first-order valence-corrected chi connectivity index (χ1v) is 6.90. The molecule has 0 radical (unpaired) electrons. The van der Waals surface area contributed by atoms with E-state index in [0.717, 1.165) is 27.4 Å². The molecule has 6 heteroatoms. The van der Waals surface area contributed by atoms with Crippen molar-refractivity contribution < 1.29 is 8.78 Å². The van der Waals surface area contributed by atoms with Gasteiger partial charge in [0.25, 0.3) is 0 Å². The van der Waals surface area contributed by atoms with Crippen LogP contribution in [0.3, 0.4) is 0 Å². The first-order valence-electron chi connectivity index (χ1n) is 6.11. The molecule has 0 amide bonds. The van der Waals surface area contributed by atoms with Gasteiger partial charge in [0.15, 0.2) is 11.6 Å². The van der Waals surface area contributed by atoms with E-state index in [1.54, 1.807) is 12.3 Å². The zero-order valence-corrected chi connectivity index (χ0v) is 12.3. The Hall–Kier alpha value is -2.21. The molecule has 0 saturated heterocycles. The van der Waals surface area contributed by atoms with Crippen molar-refractivity contribution in [3.05, 3.63) is 58.7 Å². The second kappa shape index (κ2) is 5.29. The van der Waals surface area contributed by atoms with Gasteiger partial charge >= 0.3 is 0 Å². The van der Waals surface area contributed by atoms with Crippen LogP contribution in [0.2, 0.25) is 0 Å². The van der Waals surface area contributed by atoms with Gasteiger partial charge in [-0.1, -0.05) is 15.9 Å². The molecule has 1 aromatic heterocycles. The van der Waals surface area contributed by atoms with E-state index in [9.17, 15) is 8.78 Å². The van der Waals surface area contributed by atoms with Crippen LogP contribution in [0.4, 0.5) is 26.0 Å². The zero-order chi connectivity index (χ0) is 15.0. The summed E-state index contributed by atoms with van der Waals surface area (Å²) in [5, 5.41) is 4.57. The largest absolute Gasteiger partial charge is 0.398 e. The fourth-order valence-electron chi connectivity index (χ4n) is 2.09. The summed E-state index contributed by atoms with van der Waals surface area (Å²) in [6.45, 7) is 0. The molecule has 3 aromatic rings. The second-order valence-corrected chi connectivity index (χ2v) is 5.33. The highest BCUT2D eigenvalue weighted by molar-refractivity contribution is 9.10. The van der Waals surface area contributed by atoms with E-state index in [4.69, 9.17) is 5.73 Å². The van der Waals surface area contributed by atoms with Gasteiger partial charge < -0.3 is 11.1 Å². The minimum atomic E-state index is -0.922. The van der Waals surface area contributed by atoms with Gasteiger partial charge in [-0.3, -0.25) is 0 Å². The number of hydrogen-bond donors (Lipinski definition) is 2. The topological polar surface area (TPSA) is 50.9 Å². The molecule has 3 N–H and O–H groups in total. The molecule has 0 aliphatic heterocycles. The fraction of sp³-hybridized carbons (Fsp3) is 0. The lowest BCUT2D eigenvalue weighted by atomic mass is 10.1. The molecule has 106 valence electrons. The molecule has 0 bridgehead atoms. The number of nitrogens with zero attached hydrogens (tertiary/aromatic N) is 1. The standard InChI is InChI=1S/C15H10BrF2N3/c16-10-2-4-13(19)14-9(10)5-6-20-15(14)21-8-1-3-11(17)12(18)7-8/h1-7H,19H2,(H,20,21). The smallest absolute Gasteiger partial charge is 0.160 e. The van der Waals surface area contributed by atoms with E-state index in [0.29, 0.717) is 17.2 Å². The summed E-state index contributed by atoms with van der Waals surface area (Å²) in [5.41, 5.74) is 6.94. The highest BCUT2D eigenvalue weighted by Gasteiger charge is 2.10. The molecule has 0 unspecified atom stereocenters. The Labute approximate surface area is 127 Å². The second-order valence-electron chi connectivity index (χ2n) is 4.47. The molecule has 0 aliphatic carbocycles. The number of benzene rings is 2. The van der Waals surface area contributed by atoms with Crippen LogP contribution in [-0.2, 0) is 0 Å². The van der Waals surface area contributed by atoms with Gasteiger partial charge in [-0.15, -0.1) is 0 Å². The molecule has 0 aliphatic rings. The molecule has 0 fully saturated rings. The van der Waals surface area contributed by atoms with E-state index < -0.39 is 11.6 Å². The van der Waals surface area contributed by atoms with Crippen LogP contribution < -0.4 is 11.1 Å². The summed E-state index contributed by atoms with van der Waals surface area (Å²) in [6, 6.07) is 8.99. The number of fused-ring (bicyclic) bond motifs is 1. The SMILES string of the molecule is Nc1ccc(Br)c2ccnc(Nc3ccc(F)c(F)c3)c12. The fourth-order valence-corrected chi connectivity index (χ4v) is 2.56. The van der Waals surface area contributed by atoms with Crippen LogP contribution in [0, 0.1) is 11.6 Å². The average Bonchev–Trinajstić information content (AvgIpc) is 2.47. The number of nitrogens with one attached hydrogen (secondary N) is 1. The molecule has 21 heavy (non-hydrogen) atoms. The van der Waals surface area contributed by atoms with Crippen LogP contribution in [0.15, 0.2) is 47.1 Å². The molecule has 1 heterocycles. The highest BCUT2D eigenvalue weighted by Crippen LogP contribution is 2.33. The number of pyridine rings is 1. The number of halogens is 3. The van der Waals surface area contributed by atoms with Crippen LogP contribution in [0.25, 0.3) is 10.8 Å². The number of anilines is 3. The quantitative estimate of drug-likeness (QED) is 0.664. The third kappa shape index (κ3) is 2.54. The highest BCUT2D eigenvalue weighted by atomic mass is 79.9. The van der Waals surface area contributed by atoms with Gasteiger partial charge in [0, 0.05) is 38.9 Å². The first kappa shape index (κ1) is 13.8. The van der Waals surface area contributed by atoms with Gasteiger partial charge in [0.05, 0.1) is 0 Å². The van der Waals surface area contributed by atoms with Crippen molar-refractivity contribution in [3.8, 4) is 0 Å². The zero-order valence-electron chi connectivity index (χ0n) is 10.7. The van der Waals surface area contributed by atoms with Crippen molar-refractivity contribution in [1.29, 1.82) is 0 Å². The summed E-state index contributed by atoms with van der Waals surface area (Å²) in [5.74, 6) is -1.33. The predicted molar refractivity (Wildman–Crippen MR) is 83.5 cm³/mol. The number of nitrogen functional groups attached to an aromatic ring is 1. The van der Waals surface area contributed by atoms with E-state index >= 15 is 0 Å². The monoisotopic (exact) mass is 349 g/mol. The lowest BCUT2D eigenvalue weighted by Crippen LogP contribution is -1.98. The Morgan fingerprint density at radius 2 is 1.86 bits per heavy atom. The van der Waals surface area contributed by atoms with Gasteiger partial charge in [-0.25, -0.2) is 13.8 Å². The number of rotatable bonds is 2. The van der Waals surface area contributed by atoms with Gasteiger partial charge in [-0.2, -0.15) is 0 Å². The van der Waals surface area contributed by atoms with Crippen molar-refractivity contribution >= 4 is 43.9 Å². The maximum atomic E-state index is 13.3. The molecular weight excluding hydrogens is 340 g/mol. The normalized spacial score (nSPS) is 10.8. The van der Waals surface area contributed by atoms with Gasteiger partial charge in [0.2, 0.25) is 0 Å². The van der Waals surface area contributed by atoms with E-state index in [1.165, 1.54) is 6.07 Å². The summed E-state index contributed by atoms with van der Waals surface area (Å²) in [4.78, 5) is 4.23. The average molecular weight is 350 g/mol. The van der Waals surface area contributed by atoms with E-state index in [1.807, 2.05) is 12.1 Å². The Bertz CT molecular complexity index is 837. The van der Waals surface area contributed by atoms with Crippen molar-refractivity contribution in [2.45, 2.75) is 0 Å². The minimum absolute atomic E-state index is 0.397. The van der Waals surface area contributed by atoms with Crippen LogP contribution in [0.1, 0.15) is 0 Å². The lowest BCUT2D eigenvalue weighted by Gasteiger charge is -2.11. The molecule has 0 atom stereocenters. The Balaban J connectivity index is 2.12. The summed E-state index contributed by atoms with van der Waals surface area (Å²) < 4.78 is 27.1. The molecule has 3 nitrogen and oxygen atoms in total. The van der Waals surface area contributed by atoms with Crippen molar-refractivity contribution in [3.63, 3.8) is 0 Å². The number of hydrogen-bond acceptors (Lipinski definition) is 3. The summed E-state index contributed by atoms with van der Waals surface area (Å²) in [7, 11) is 0. The number of nitrogens with two attached hydrogens (primary N) is 1. The van der Waals surface area contributed by atoms with E-state index in [2.05, 4.69) is 26.2 Å². The lowest BCUT2D eigenvalue weighted by molar-refractivity contribution is 0.509. The molecule has 0 spiro atoms. The third-order valence-corrected chi connectivity index (χ3v) is 3.78. The van der Waals surface area contributed by atoms with Crippen LogP contribution >= 0.6 is 15.9 Å². The Kier molecular flexibility index (Phi) is 3.47. The van der Waals surface area contributed by atoms with Crippen molar-refractivity contribution in [2.24, 2.45) is 0 Å². The van der Waals surface area contributed by atoms with Crippen LogP contribution in [-0.4, -0.2) is 4.98 Å². The molecule has 2 aromatic carbocycles. The molecule has 3 rings (SSSR count). The van der Waals surface area contributed by atoms with Crippen LogP contribution in [0.5, 0.6) is 0 Å². The Morgan fingerprint density at radius 3 is 2.62 bits per heavy atom. The summed E-state index contributed by atoms with van der Waals surface area (Å²) >= 11 is 3.45.